The molecule has 0 aromatic heterocycles. The van der Waals surface area contributed by atoms with E-state index in [0.29, 0.717) is 0 Å². The Balaban J connectivity index is 2.57. The molecule has 1 aromatic carbocycles. The molecule has 78 valence electrons. The standard InChI is InChI=1S/C11H16O2S/c1-13-10-5-3-9(4-6-10)11(12)7-8-14-2/h3-6,11-12H,7-8H2,1-2H3. The lowest BCUT2D eigenvalue weighted by Gasteiger charge is -2.10. The van der Waals surface area contributed by atoms with E-state index in [1.54, 1.807) is 18.9 Å². The molecule has 0 amide bonds. The van der Waals surface area contributed by atoms with Gasteiger partial charge in [0.2, 0.25) is 0 Å². The summed E-state index contributed by atoms with van der Waals surface area (Å²) in [5.74, 6) is 1.80. The van der Waals surface area contributed by atoms with Crippen LogP contribution in [0.25, 0.3) is 0 Å². The normalized spacial score (nSPS) is 12.5. The molecule has 0 saturated carbocycles. The van der Waals surface area contributed by atoms with Crippen LogP contribution in [0, 0.1) is 0 Å². The van der Waals surface area contributed by atoms with Crippen molar-refractivity contribution in [3.8, 4) is 5.75 Å². The van der Waals surface area contributed by atoms with Crippen LogP contribution in [0.1, 0.15) is 18.1 Å². The highest BCUT2D eigenvalue weighted by atomic mass is 32.2. The summed E-state index contributed by atoms with van der Waals surface area (Å²) in [5, 5.41) is 9.76. The minimum absolute atomic E-state index is 0.353. The molecule has 1 atom stereocenters. The Bertz CT molecular complexity index is 258. The maximum absolute atomic E-state index is 9.76. The lowest BCUT2D eigenvalue weighted by Crippen LogP contribution is -1.98. The molecule has 3 heteroatoms. The lowest BCUT2D eigenvalue weighted by molar-refractivity contribution is 0.175. The molecule has 0 saturated heterocycles. The summed E-state index contributed by atoms with van der Waals surface area (Å²) in [4.78, 5) is 0. The molecule has 2 nitrogen and oxygen atoms in total. The van der Waals surface area contributed by atoms with Gasteiger partial charge in [-0.25, -0.2) is 0 Å². The zero-order valence-electron chi connectivity index (χ0n) is 8.56. The van der Waals surface area contributed by atoms with Gasteiger partial charge < -0.3 is 9.84 Å². The summed E-state index contributed by atoms with van der Waals surface area (Å²) in [6.45, 7) is 0. The topological polar surface area (TPSA) is 29.5 Å². The SMILES string of the molecule is COc1ccc(C(O)CCSC)cc1. The van der Waals surface area contributed by atoms with Gasteiger partial charge in [-0.1, -0.05) is 12.1 Å². The van der Waals surface area contributed by atoms with Crippen molar-refractivity contribution in [3.05, 3.63) is 29.8 Å². The van der Waals surface area contributed by atoms with Gasteiger partial charge in [0.25, 0.3) is 0 Å². The average molecular weight is 212 g/mol. The number of benzene rings is 1. The third-order valence-corrected chi connectivity index (χ3v) is 2.74. The van der Waals surface area contributed by atoms with Crippen molar-refractivity contribution in [3.63, 3.8) is 0 Å². The number of thioether (sulfide) groups is 1. The molecule has 1 aromatic rings. The second-order valence-corrected chi connectivity index (χ2v) is 4.06. The Hall–Kier alpha value is -0.670. The summed E-state index contributed by atoms with van der Waals surface area (Å²) in [7, 11) is 1.64. The van der Waals surface area contributed by atoms with E-state index in [1.807, 2.05) is 30.5 Å². The summed E-state index contributed by atoms with van der Waals surface area (Å²) in [5.41, 5.74) is 0.958. The van der Waals surface area contributed by atoms with Gasteiger partial charge in [0.15, 0.2) is 0 Å². The van der Waals surface area contributed by atoms with E-state index in [-0.39, 0.29) is 6.10 Å². The van der Waals surface area contributed by atoms with Crippen LogP contribution in [0.15, 0.2) is 24.3 Å². The lowest BCUT2D eigenvalue weighted by atomic mass is 10.1. The number of hydrogen-bond acceptors (Lipinski definition) is 3. The molecular formula is C11H16O2S. The molecule has 0 bridgehead atoms. The van der Waals surface area contributed by atoms with E-state index in [2.05, 4.69) is 0 Å². The fraction of sp³-hybridized carbons (Fsp3) is 0.455. The van der Waals surface area contributed by atoms with Gasteiger partial charge >= 0.3 is 0 Å². The minimum Gasteiger partial charge on any atom is -0.497 e. The van der Waals surface area contributed by atoms with Crippen molar-refractivity contribution in [1.82, 2.24) is 0 Å². The van der Waals surface area contributed by atoms with Crippen molar-refractivity contribution in [2.24, 2.45) is 0 Å². The van der Waals surface area contributed by atoms with E-state index < -0.39 is 0 Å². The first kappa shape index (κ1) is 11.4. The Kier molecular flexibility index (Phi) is 4.84. The summed E-state index contributed by atoms with van der Waals surface area (Å²) >= 11 is 1.75. The molecule has 1 unspecified atom stereocenters. The average Bonchev–Trinajstić information content (AvgIpc) is 2.26. The molecule has 1 N–H and O–H groups in total. The van der Waals surface area contributed by atoms with Crippen molar-refractivity contribution in [1.29, 1.82) is 0 Å². The van der Waals surface area contributed by atoms with Crippen molar-refractivity contribution in [2.75, 3.05) is 19.1 Å². The van der Waals surface area contributed by atoms with E-state index >= 15 is 0 Å². The van der Waals surface area contributed by atoms with Crippen molar-refractivity contribution < 1.29 is 9.84 Å². The highest BCUT2D eigenvalue weighted by molar-refractivity contribution is 7.98. The molecule has 0 aliphatic carbocycles. The number of aliphatic hydroxyl groups is 1. The van der Waals surface area contributed by atoms with Crippen LogP contribution in [-0.4, -0.2) is 24.2 Å². The van der Waals surface area contributed by atoms with E-state index in [1.165, 1.54) is 0 Å². The Morgan fingerprint density at radius 2 is 2.00 bits per heavy atom. The predicted molar refractivity (Wildman–Crippen MR) is 61.0 cm³/mol. The Morgan fingerprint density at radius 3 is 2.50 bits per heavy atom. The van der Waals surface area contributed by atoms with Crippen molar-refractivity contribution in [2.45, 2.75) is 12.5 Å². The molecule has 0 radical (unpaired) electrons. The second-order valence-electron chi connectivity index (χ2n) is 3.07. The van der Waals surface area contributed by atoms with Gasteiger partial charge in [-0.15, -0.1) is 0 Å². The number of aliphatic hydroxyl groups excluding tert-OH is 1. The Morgan fingerprint density at radius 1 is 1.36 bits per heavy atom. The smallest absolute Gasteiger partial charge is 0.118 e. The van der Waals surface area contributed by atoms with Crippen LogP contribution in [0.2, 0.25) is 0 Å². The van der Waals surface area contributed by atoms with Crippen LogP contribution in [0.5, 0.6) is 5.75 Å². The van der Waals surface area contributed by atoms with Gasteiger partial charge in [-0.3, -0.25) is 0 Å². The number of ether oxygens (including phenoxy) is 1. The maximum atomic E-state index is 9.76. The van der Waals surface area contributed by atoms with E-state index in [9.17, 15) is 5.11 Å². The largest absolute Gasteiger partial charge is 0.497 e. The molecule has 1 rings (SSSR count). The molecular weight excluding hydrogens is 196 g/mol. The zero-order chi connectivity index (χ0) is 10.4. The minimum atomic E-state index is -0.353. The van der Waals surface area contributed by atoms with Crippen molar-refractivity contribution >= 4 is 11.8 Å². The number of rotatable bonds is 5. The van der Waals surface area contributed by atoms with Gasteiger partial charge in [-0.05, 0) is 36.1 Å². The second kappa shape index (κ2) is 5.94. The summed E-state index contributed by atoms with van der Waals surface area (Å²) < 4.78 is 5.04. The third-order valence-electron chi connectivity index (χ3n) is 2.10. The van der Waals surface area contributed by atoms with Crippen LogP contribution in [0.4, 0.5) is 0 Å². The highest BCUT2D eigenvalue weighted by Gasteiger charge is 2.06. The van der Waals surface area contributed by atoms with Crippen LogP contribution in [-0.2, 0) is 0 Å². The first-order valence-corrected chi connectivity index (χ1v) is 5.98. The quantitative estimate of drug-likeness (QED) is 0.813. The fourth-order valence-corrected chi connectivity index (χ4v) is 1.68. The molecule has 0 spiro atoms. The predicted octanol–water partition coefficient (Wildman–Crippen LogP) is 2.48. The zero-order valence-corrected chi connectivity index (χ0v) is 9.38. The number of methoxy groups -OCH3 is 1. The van der Waals surface area contributed by atoms with Crippen LogP contribution < -0.4 is 4.74 Å². The van der Waals surface area contributed by atoms with Gasteiger partial charge in [0.1, 0.15) is 5.75 Å². The summed E-state index contributed by atoms with van der Waals surface area (Å²) in [6, 6.07) is 7.56. The monoisotopic (exact) mass is 212 g/mol. The van der Waals surface area contributed by atoms with E-state index in [4.69, 9.17) is 4.74 Å². The molecule has 0 fully saturated rings. The third kappa shape index (κ3) is 3.24. The van der Waals surface area contributed by atoms with Gasteiger partial charge in [0.05, 0.1) is 13.2 Å². The van der Waals surface area contributed by atoms with E-state index in [0.717, 1.165) is 23.5 Å². The van der Waals surface area contributed by atoms with Gasteiger partial charge in [0, 0.05) is 0 Å². The molecule has 14 heavy (non-hydrogen) atoms. The number of hydrogen-bond donors (Lipinski definition) is 1. The maximum Gasteiger partial charge on any atom is 0.118 e. The highest BCUT2D eigenvalue weighted by Crippen LogP contribution is 2.20. The van der Waals surface area contributed by atoms with Crippen LogP contribution in [0.3, 0.4) is 0 Å². The molecule has 0 heterocycles. The Labute approximate surface area is 89.3 Å². The first-order valence-electron chi connectivity index (χ1n) is 4.59. The summed E-state index contributed by atoms with van der Waals surface area (Å²) in [6.07, 6.45) is 2.49. The fourth-order valence-electron chi connectivity index (χ4n) is 1.22. The molecule has 0 aliphatic rings. The molecule has 0 aliphatic heterocycles. The van der Waals surface area contributed by atoms with Crippen LogP contribution >= 0.6 is 11.8 Å². The first-order chi connectivity index (χ1) is 6.77. The van der Waals surface area contributed by atoms with Gasteiger partial charge in [-0.2, -0.15) is 11.8 Å².